The number of rotatable bonds is 7. The molecule has 2 aromatic carbocycles. The molecule has 0 saturated heterocycles. The van der Waals surface area contributed by atoms with Crippen LogP contribution in [0.25, 0.3) is 0 Å². The highest BCUT2D eigenvalue weighted by atomic mass is 35.5. The molecule has 0 aliphatic rings. The van der Waals surface area contributed by atoms with E-state index in [-0.39, 0.29) is 16.7 Å². The van der Waals surface area contributed by atoms with Crippen LogP contribution in [0.2, 0.25) is 5.02 Å². The Balaban J connectivity index is 1.60. The van der Waals surface area contributed by atoms with E-state index in [0.717, 1.165) is 11.3 Å². The van der Waals surface area contributed by atoms with Gasteiger partial charge in [-0.1, -0.05) is 65.0 Å². The topological polar surface area (TPSA) is 72.0 Å². The van der Waals surface area contributed by atoms with E-state index >= 15 is 0 Å². The average molecular weight is 430 g/mol. The highest BCUT2D eigenvalue weighted by molar-refractivity contribution is 8.00. The van der Waals surface area contributed by atoms with E-state index in [1.54, 1.807) is 42.5 Å². The summed E-state index contributed by atoms with van der Waals surface area (Å²) in [6.45, 7) is 0. The summed E-state index contributed by atoms with van der Waals surface area (Å²) in [6, 6.07) is 13.0. The summed E-state index contributed by atoms with van der Waals surface area (Å²) in [5.41, 5.74) is 1.16. The lowest BCUT2D eigenvalue weighted by molar-refractivity contribution is 0.600. The second-order valence-corrected chi connectivity index (χ2v) is 9.60. The normalized spacial score (nSPS) is 11.5. The van der Waals surface area contributed by atoms with E-state index in [1.165, 1.54) is 17.8 Å². The molecule has 1 aromatic heterocycles. The molecule has 136 valence electrons. The fourth-order valence-electron chi connectivity index (χ4n) is 2.03. The van der Waals surface area contributed by atoms with Crippen LogP contribution in [-0.4, -0.2) is 18.6 Å². The Morgan fingerprint density at radius 3 is 2.58 bits per heavy atom. The van der Waals surface area contributed by atoms with Crippen molar-refractivity contribution in [2.75, 3.05) is 4.72 Å². The van der Waals surface area contributed by atoms with E-state index < -0.39 is 10.0 Å². The SMILES string of the molecule is O=S(=O)(Cc1ccc(Cl)cc1)Nc1nnc(SCc2ccccc2F)s1. The third-order valence-corrected chi connectivity index (χ3v) is 6.85. The van der Waals surface area contributed by atoms with Gasteiger partial charge in [-0.25, -0.2) is 12.8 Å². The molecule has 0 spiro atoms. The minimum Gasteiger partial charge on any atom is -0.257 e. The van der Waals surface area contributed by atoms with Gasteiger partial charge in [-0.3, -0.25) is 4.72 Å². The van der Waals surface area contributed by atoms with Gasteiger partial charge in [-0.15, -0.1) is 10.2 Å². The van der Waals surface area contributed by atoms with Gasteiger partial charge >= 0.3 is 0 Å². The molecule has 0 unspecified atom stereocenters. The van der Waals surface area contributed by atoms with Gasteiger partial charge < -0.3 is 0 Å². The number of benzene rings is 2. The van der Waals surface area contributed by atoms with Crippen LogP contribution in [0.1, 0.15) is 11.1 Å². The lowest BCUT2D eigenvalue weighted by atomic mass is 10.2. The lowest BCUT2D eigenvalue weighted by Gasteiger charge is -2.04. The first-order valence-corrected chi connectivity index (χ1v) is 11.2. The Hall–Kier alpha value is -1.68. The molecule has 10 heteroatoms. The van der Waals surface area contributed by atoms with Crippen molar-refractivity contribution in [3.05, 3.63) is 70.5 Å². The molecule has 0 radical (unpaired) electrons. The third kappa shape index (κ3) is 5.41. The molecule has 0 fully saturated rings. The number of anilines is 1. The summed E-state index contributed by atoms with van der Waals surface area (Å²) in [4.78, 5) is 0. The molecular weight excluding hydrogens is 417 g/mol. The van der Waals surface area contributed by atoms with Crippen LogP contribution in [0.15, 0.2) is 52.9 Å². The predicted octanol–water partition coefficient (Wildman–Crippen LogP) is 4.56. The summed E-state index contributed by atoms with van der Waals surface area (Å²) in [5, 5.41) is 8.48. The van der Waals surface area contributed by atoms with Gasteiger partial charge in [-0.05, 0) is 29.3 Å². The van der Waals surface area contributed by atoms with E-state index in [9.17, 15) is 12.8 Å². The van der Waals surface area contributed by atoms with Crippen molar-refractivity contribution < 1.29 is 12.8 Å². The molecule has 1 heterocycles. The van der Waals surface area contributed by atoms with Gasteiger partial charge in [0.05, 0.1) is 5.75 Å². The van der Waals surface area contributed by atoms with Crippen molar-refractivity contribution in [1.82, 2.24) is 10.2 Å². The summed E-state index contributed by atoms with van der Waals surface area (Å²) in [6.07, 6.45) is 0. The first-order chi connectivity index (χ1) is 12.4. The first kappa shape index (κ1) is 19.1. The van der Waals surface area contributed by atoms with Crippen LogP contribution in [0.5, 0.6) is 0 Å². The van der Waals surface area contributed by atoms with Crippen molar-refractivity contribution in [1.29, 1.82) is 0 Å². The van der Waals surface area contributed by atoms with Crippen molar-refractivity contribution in [2.24, 2.45) is 0 Å². The molecule has 0 amide bonds. The fraction of sp³-hybridized carbons (Fsp3) is 0.125. The molecule has 3 aromatic rings. The second kappa shape index (κ2) is 8.34. The standard InChI is InChI=1S/C16H13ClFN3O2S3/c17-13-7-5-11(6-8-13)10-26(22,23)21-15-19-20-16(25-15)24-9-12-3-1-2-4-14(12)18/h1-8H,9-10H2,(H,19,21). The number of nitrogens with zero attached hydrogens (tertiary/aromatic N) is 2. The molecule has 0 bridgehead atoms. The maximum absolute atomic E-state index is 13.6. The van der Waals surface area contributed by atoms with Crippen molar-refractivity contribution in [3.8, 4) is 0 Å². The number of nitrogens with one attached hydrogen (secondary N) is 1. The van der Waals surface area contributed by atoms with Gasteiger partial charge in [0, 0.05) is 10.8 Å². The lowest BCUT2D eigenvalue weighted by Crippen LogP contribution is -2.14. The molecule has 0 saturated carbocycles. The maximum atomic E-state index is 13.6. The Labute approximate surface area is 163 Å². The Morgan fingerprint density at radius 1 is 1.12 bits per heavy atom. The second-order valence-electron chi connectivity index (χ2n) is 5.24. The zero-order valence-electron chi connectivity index (χ0n) is 13.2. The Morgan fingerprint density at radius 2 is 1.85 bits per heavy atom. The summed E-state index contributed by atoms with van der Waals surface area (Å²) in [5.74, 6) is -0.0892. The number of aromatic nitrogens is 2. The monoisotopic (exact) mass is 429 g/mol. The van der Waals surface area contributed by atoms with Crippen molar-refractivity contribution in [2.45, 2.75) is 15.8 Å². The van der Waals surface area contributed by atoms with Gasteiger partial charge in [0.15, 0.2) is 4.34 Å². The third-order valence-electron chi connectivity index (χ3n) is 3.23. The highest BCUT2D eigenvalue weighted by Gasteiger charge is 2.15. The Bertz CT molecular complexity index is 994. The van der Waals surface area contributed by atoms with Crippen LogP contribution < -0.4 is 4.72 Å². The van der Waals surface area contributed by atoms with Gasteiger partial charge in [0.25, 0.3) is 0 Å². The van der Waals surface area contributed by atoms with E-state index in [0.29, 0.717) is 26.2 Å². The van der Waals surface area contributed by atoms with Gasteiger partial charge in [0.1, 0.15) is 5.82 Å². The van der Waals surface area contributed by atoms with E-state index in [1.807, 2.05) is 0 Å². The molecule has 26 heavy (non-hydrogen) atoms. The molecule has 1 N–H and O–H groups in total. The fourth-order valence-corrected chi connectivity index (χ4v) is 5.31. The maximum Gasteiger partial charge on any atom is 0.238 e. The molecule has 0 aliphatic carbocycles. The zero-order chi connectivity index (χ0) is 18.6. The number of sulfonamides is 1. The number of hydrogen-bond acceptors (Lipinski definition) is 6. The highest BCUT2D eigenvalue weighted by Crippen LogP contribution is 2.29. The van der Waals surface area contributed by atoms with Crippen LogP contribution >= 0.6 is 34.7 Å². The van der Waals surface area contributed by atoms with Crippen LogP contribution in [-0.2, 0) is 21.5 Å². The van der Waals surface area contributed by atoms with Crippen LogP contribution in [0.3, 0.4) is 0 Å². The van der Waals surface area contributed by atoms with Gasteiger partial charge in [-0.2, -0.15) is 0 Å². The largest absolute Gasteiger partial charge is 0.257 e. The predicted molar refractivity (Wildman–Crippen MR) is 104 cm³/mol. The number of thioether (sulfide) groups is 1. The molecule has 5 nitrogen and oxygen atoms in total. The van der Waals surface area contributed by atoms with Gasteiger partial charge in [0.2, 0.25) is 15.2 Å². The van der Waals surface area contributed by atoms with E-state index in [4.69, 9.17) is 11.6 Å². The van der Waals surface area contributed by atoms with E-state index in [2.05, 4.69) is 14.9 Å². The first-order valence-electron chi connectivity index (χ1n) is 7.36. The molecule has 0 aliphatic heterocycles. The minimum atomic E-state index is -3.62. The summed E-state index contributed by atoms with van der Waals surface area (Å²) in [7, 11) is -3.62. The number of hydrogen-bond donors (Lipinski definition) is 1. The van der Waals surface area contributed by atoms with Crippen molar-refractivity contribution in [3.63, 3.8) is 0 Å². The zero-order valence-corrected chi connectivity index (χ0v) is 16.4. The van der Waals surface area contributed by atoms with Crippen molar-refractivity contribution >= 4 is 49.9 Å². The van der Waals surface area contributed by atoms with Crippen LogP contribution in [0.4, 0.5) is 9.52 Å². The molecule has 3 rings (SSSR count). The summed E-state index contributed by atoms with van der Waals surface area (Å²) < 4.78 is 41.0. The summed E-state index contributed by atoms with van der Waals surface area (Å²) >= 11 is 8.19. The molecular formula is C16H13ClFN3O2S3. The molecule has 0 atom stereocenters. The quantitative estimate of drug-likeness (QED) is 0.557. The van der Waals surface area contributed by atoms with Crippen LogP contribution in [0, 0.1) is 5.82 Å². The average Bonchev–Trinajstić information content (AvgIpc) is 3.02. The Kier molecular flexibility index (Phi) is 6.13. The number of halogens is 2. The minimum absolute atomic E-state index is 0.176. The smallest absolute Gasteiger partial charge is 0.238 e.